The van der Waals surface area contributed by atoms with Gasteiger partial charge < -0.3 is 0 Å². The summed E-state index contributed by atoms with van der Waals surface area (Å²) in [7, 11) is 0. The van der Waals surface area contributed by atoms with Crippen LogP contribution in [0.1, 0.15) is 39.5 Å². The Morgan fingerprint density at radius 1 is 1.20 bits per heavy atom. The smallest absolute Gasteiger partial charge is 0.0116 e. The molecule has 2 aliphatic heterocycles. The van der Waals surface area contributed by atoms with Crippen molar-refractivity contribution in [2.45, 2.75) is 57.7 Å². The number of rotatable bonds is 1. The van der Waals surface area contributed by atoms with Gasteiger partial charge in [0.25, 0.3) is 0 Å². The molecule has 0 radical (unpaired) electrons. The Morgan fingerprint density at radius 3 is 2.10 bits per heavy atom. The van der Waals surface area contributed by atoms with Gasteiger partial charge >= 0.3 is 0 Å². The maximum absolute atomic E-state index is 2.70. The van der Waals surface area contributed by atoms with E-state index in [1.54, 1.807) is 0 Å². The minimum atomic E-state index is 0.795. The monoisotopic (exact) mass is 139 g/mol. The number of fused-ring (bicyclic) bond motifs is 2. The van der Waals surface area contributed by atoms with Gasteiger partial charge in [-0.3, -0.25) is 4.90 Å². The highest BCUT2D eigenvalue weighted by Gasteiger charge is 2.41. The van der Waals surface area contributed by atoms with E-state index < -0.39 is 0 Å². The Morgan fingerprint density at radius 2 is 1.80 bits per heavy atom. The van der Waals surface area contributed by atoms with E-state index in [4.69, 9.17) is 0 Å². The van der Waals surface area contributed by atoms with Crippen molar-refractivity contribution >= 4 is 0 Å². The highest BCUT2D eigenvalue weighted by Crippen LogP contribution is 2.39. The molecule has 3 rings (SSSR count). The van der Waals surface area contributed by atoms with Crippen LogP contribution < -0.4 is 0 Å². The molecule has 2 bridgehead atoms. The molecule has 0 spiro atoms. The van der Waals surface area contributed by atoms with E-state index >= 15 is 0 Å². The van der Waals surface area contributed by atoms with Gasteiger partial charge in [0.05, 0.1) is 0 Å². The van der Waals surface area contributed by atoms with Gasteiger partial charge in [0.1, 0.15) is 0 Å². The standard InChI is InChI=1S/C9H17N/c1-7(2)10-8-4-3-5-9(10)6-8/h7-9H,3-6H2,1-2H3. The number of nitrogens with zero attached hydrogens (tertiary/aromatic N) is 1. The van der Waals surface area contributed by atoms with Crippen LogP contribution in [0.5, 0.6) is 0 Å². The van der Waals surface area contributed by atoms with E-state index in [0.29, 0.717) is 0 Å². The molecule has 3 fully saturated rings. The lowest BCUT2D eigenvalue weighted by Crippen LogP contribution is -2.61. The molecule has 0 aromatic heterocycles. The van der Waals surface area contributed by atoms with Gasteiger partial charge in [-0.2, -0.15) is 0 Å². The zero-order valence-corrected chi connectivity index (χ0v) is 7.01. The first-order valence-corrected chi connectivity index (χ1v) is 4.56. The number of hydrogen-bond acceptors (Lipinski definition) is 1. The van der Waals surface area contributed by atoms with Gasteiger partial charge in [-0.1, -0.05) is 6.42 Å². The van der Waals surface area contributed by atoms with Crippen LogP contribution in [-0.2, 0) is 0 Å². The average molecular weight is 139 g/mol. The first kappa shape index (κ1) is 6.66. The van der Waals surface area contributed by atoms with E-state index in [0.717, 1.165) is 18.1 Å². The van der Waals surface area contributed by atoms with Gasteiger partial charge in [-0.15, -0.1) is 0 Å². The Labute approximate surface area is 63.4 Å². The van der Waals surface area contributed by atoms with Crippen LogP contribution in [0, 0.1) is 0 Å². The first-order chi connectivity index (χ1) is 4.79. The summed E-state index contributed by atoms with van der Waals surface area (Å²) in [5.74, 6) is 0. The summed E-state index contributed by atoms with van der Waals surface area (Å²) >= 11 is 0. The molecule has 0 N–H and O–H groups in total. The zero-order valence-electron chi connectivity index (χ0n) is 7.01. The SMILES string of the molecule is CC(C)N1C2CCCC1C2. The van der Waals surface area contributed by atoms with Crippen LogP contribution >= 0.6 is 0 Å². The van der Waals surface area contributed by atoms with Crippen molar-refractivity contribution in [1.29, 1.82) is 0 Å². The van der Waals surface area contributed by atoms with E-state index in [2.05, 4.69) is 18.7 Å². The Hall–Kier alpha value is -0.0400. The van der Waals surface area contributed by atoms with Crippen LogP contribution in [-0.4, -0.2) is 23.0 Å². The van der Waals surface area contributed by atoms with Crippen molar-refractivity contribution < 1.29 is 0 Å². The lowest BCUT2D eigenvalue weighted by molar-refractivity contribution is -0.0511. The molecule has 3 aliphatic rings. The van der Waals surface area contributed by atoms with Crippen molar-refractivity contribution in [2.75, 3.05) is 0 Å². The summed E-state index contributed by atoms with van der Waals surface area (Å²) < 4.78 is 0. The number of piperidine rings is 1. The molecule has 2 atom stereocenters. The second-order valence-corrected chi connectivity index (χ2v) is 4.02. The molecule has 2 unspecified atom stereocenters. The minimum absolute atomic E-state index is 0.795. The third-order valence-corrected chi connectivity index (χ3v) is 3.06. The molecule has 2 saturated heterocycles. The highest BCUT2D eigenvalue weighted by atomic mass is 15.3. The highest BCUT2D eigenvalue weighted by molar-refractivity contribution is 4.97. The summed E-state index contributed by atoms with van der Waals surface area (Å²) in [5, 5.41) is 0. The van der Waals surface area contributed by atoms with Gasteiger partial charge in [-0.05, 0) is 33.1 Å². The number of hydrogen-bond donors (Lipinski definition) is 0. The third kappa shape index (κ3) is 0.800. The molecule has 58 valence electrons. The van der Waals surface area contributed by atoms with Crippen LogP contribution in [0.15, 0.2) is 0 Å². The lowest BCUT2D eigenvalue weighted by atomic mass is 9.79. The van der Waals surface area contributed by atoms with Gasteiger partial charge in [0.2, 0.25) is 0 Å². The summed E-state index contributed by atoms with van der Waals surface area (Å²) in [5.41, 5.74) is 0. The van der Waals surface area contributed by atoms with Crippen LogP contribution in [0.3, 0.4) is 0 Å². The summed E-state index contributed by atoms with van der Waals surface area (Å²) in [4.78, 5) is 2.70. The molecule has 0 aromatic carbocycles. The van der Waals surface area contributed by atoms with Crippen molar-refractivity contribution in [2.24, 2.45) is 0 Å². The normalized spacial score (nSPS) is 39.9. The van der Waals surface area contributed by atoms with Crippen LogP contribution in [0.4, 0.5) is 0 Å². The van der Waals surface area contributed by atoms with Gasteiger partial charge in [0.15, 0.2) is 0 Å². The lowest BCUT2D eigenvalue weighted by Gasteiger charge is -2.55. The van der Waals surface area contributed by atoms with E-state index in [1.165, 1.54) is 25.7 Å². The predicted molar refractivity (Wildman–Crippen MR) is 43.0 cm³/mol. The fraction of sp³-hybridized carbons (Fsp3) is 1.00. The maximum Gasteiger partial charge on any atom is 0.0116 e. The fourth-order valence-corrected chi connectivity index (χ4v) is 2.68. The summed E-state index contributed by atoms with van der Waals surface area (Å²) in [6.45, 7) is 4.65. The molecule has 1 nitrogen and oxygen atoms in total. The van der Waals surface area contributed by atoms with Crippen LogP contribution in [0.2, 0.25) is 0 Å². The molecule has 0 aromatic rings. The predicted octanol–water partition coefficient (Wildman–Crippen LogP) is 2.02. The van der Waals surface area contributed by atoms with E-state index in [-0.39, 0.29) is 0 Å². The van der Waals surface area contributed by atoms with E-state index in [9.17, 15) is 0 Å². The molecular weight excluding hydrogens is 122 g/mol. The quantitative estimate of drug-likeness (QED) is 0.537. The van der Waals surface area contributed by atoms with Crippen molar-refractivity contribution in [3.05, 3.63) is 0 Å². The minimum Gasteiger partial charge on any atom is -0.295 e. The van der Waals surface area contributed by atoms with Crippen LogP contribution in [0.25, 0.3) is 0 Å². The molecule has 1 saturated carbocycles. The molecule has 1 aliphatic carbocycles. The van der Waals surface area contributed by atoms with Gasteiger partial charge in [-0.25, -0.2) is 0 Å². The zero-order chi connectivity index (χ0) is 7.14. The first-order valence-electron chi connectivity index (χ1n) is 4.56. The van der Waals surface area contributed by atoms with Crippen molar-refractivity contribution in [1.82, 2.24) is 4.90 Å². The fourth-order valence-electron chi connectivity index (χ4n) is 2.68. The Kier molecular flexibility index (Phi) is 1.48. The Balaban J connectivity index is 1.99. The average Bonchev–Trinajstić information content (AvgIpc) is 1.87. The summed E-state index contributed by atoms with van der Waals surface area (Å²) in [6, 6.07) is 2.74. The Bertz CT molecular complexity index is 117. The topological polar surface area (TPSA) is 3.24 Å². The molecule has 10 heavy (non-hydrogen) atoms. The maximum atomic E-state index is 2.70. The van der Waals surface area contributed by atoms with Crippen molar-refractivity contribution in [3.8, 4) is 0 Å². The third-order valence-electron chi connectivity index (χ3n) is 3.06. The summed E-state index contributed by atoms with van der Waals surface area (Å²) in [6.07, 6.45) is 5.92. The second kappa shape index (κ2) is 2.23. The van der Waals surface area contributed by atoms with E-state index in [1.807, 2.05) is 0 Å². The molecule has 0 amide bonds. The van der Waals surface area contributed by atoms with Crippen molar-refractivity contribution in [3.63, 3.8) is 0 Å². The molecule has 2 heterocycles. The largest absolute Gasteiger partial charge is 0.295 e. The second-order valence-electron chi connectivity index (χ2n) is 4.02. The molecule has 1 heteroatoms. The molecular formula is C9H17N. The van der Waals surface area contributed by atoms with Gasteiger partial charge in [0, 0.05) is 18.1 Å².